The molecule has 0 saturated heterocycles. The first-order valence-corrected chi connectivity index (χ1v) is 46.9. The molecule has 0 saturated carbocycles. The lowest BCUT2D eigenvalue weighted by atomic mass is 9.87. The van der Waals surface area contributed by atoms with E-state index in [4.69, 9.17) is 17.7 Å². The van der Waals surface area contributed by atoms with Gasteiger partial charge in [-0.3, -0.25) is 0 Å². The fraction of sp³-hybridized carbons (Fsp3) is 0.0820. The highest BCUT2D eigenvalue weighted by Gasteiger charge is 2.28. The number of benzene rings is 20. The number of fused-ring (bicyclic) bond motifs is 28. The molecule has 132 heavy (non-hydrogen) atoms. The van der Waals surface area contributed by atoms with Crippen molar-refractivity contribution in [2.75, 3.05) is 19.6 Å². The first-order chi connectivity index (χ1) is 64.5. The Labute approximate surface area is 770 Å². The fourth-order valence-corrected chi connectivity index (χ4v) is 22.8. The van der Waals surface area contributed by atoms with Crippen LogP contribution in [0.3, 0.4) is 0 Å². The number of hydrogen-bond donors (Lipinski definition) is 0. The fourth-order valence-electron chi connectivity index (χ4n) is 20.2. The van der Waals surface area contributed by atoms with Gasteiger partial charge in [0.15, 0.2) is 0 Å². The molecule has 0 N–H and O–H groups in total. The summed E-state index contributed by atoms with van der Waals surface area (Å²) in [5.41, 5.74) is 25.4. The number of furan rings is 4. The van der Waals surface area contributed by atoms with Crippen molar-refractivity contribution in [1.29, 1.82) is 0 Å². The van der Waals surface area contributed by atoms with Gasteiger partial charge in [0.2, 0.25) is 0 Å². The quantitative estimate of drug-likeness (QED) is 0.112. The van der Waals surface area contributed by atoms with Gasteiger partial charge in [0.25, 0.3) is 0 Å². The van der Waals surface area contributed by atoms with Gasteiger partial charge >= 0.3 is 0 Å². The van der Waals surface area contributed by atoms with E-state index < -0.39 is 0 Å². The first kappa shape index (κ1) is 78.5. The lowest BCUT2D eigenvalue weighted by Gasteiger charge is -2.27. The van der Waals surface area contributed by atoms with Gasteiger partial charge in [0.05, 0.1) is 0 Å². The van der Waals surface area contributed by atoms with Gasteiger partial charge < -0.3 is 37.3 Å². The van der Waals surface area contributed by atoms with Crippen molar-refractivity contribution < 1.29 is 17.7 Å². The minimum atomic E-state index is 0.0378. The molecule has 26 aromatic rings. The summed E-state index contributed by atoms with van der Waals surface area (Å²) >= 11 is 3.77. The third-order valence-corrected chi connectivity index (χ3v) is 29.3. The minimum absolute atomic E-state index is 0.0378. The SMILES string of the molecule is CC(C)(C)c1ccc(N(c2ccc3c(c2)sc2c4ccc(N(c5ccc(C(C)(C)C)cc5)c5ccc6oc7ccccc7c6c5)cc4c4ccccc4c32)c2ccc3oc4ccccc4c3c2)cc1.Cc1ccc(N(c2ccc3c(c2)sc2c4ccc(N(c5ccc(C)cc5)c5ccc6oc7ccccc7c6c5)cc4c4ccccc4c32)c2ccc3oc4ccccc4c3c2)cc1. The van der Waals surface area contributed by atoms with Crippen molar-refractivity contribution in [2.24, 2.45) is 0 Å². The molecule has 0 atom stereocenters. The van der Waals surface area contributed by atoms with E-state index in [1.807, 2.05) is 71.2 Å². The van der Waals surface area contributed by atoms with Crippen LogP contribution >= 0.6 is 22.7 Å². The number of hydrogen-bond acceptors (Lipinski definition) is 10. The zero-order valence-electron chi connectivity index (χ0n) is 74.2. The summed E-state index contributed by atoms with van der Waals surface area (Å²) in [4.78, 5) is 9.54. The molecule has 0 aliphatic rings. The average molecular weight is 1740 g/mol. The molecule has 26 rings (SSSR count). The van der Waals surface area contributed by atoms with Crippen LogP contribution in [-0.2, 0) is 10.8 Å². The normalized spacial score (nSPS) is 12.2. The summed E-state index contributed by atoms with van der Waals surface area (Å²) in [5.74, 6) is 0. The molecule has 0 aliphatic heterocycles. The van der Waals surface area contributed by atoms with Crippen LogP contribution < -0.4 is 19.6 Å². The van der Waals surface area contributed by atoms with Crippen LogP contribution in [0.2, 0.25) is 0 Å². The van der Waals surface area contributed by atoms with Crippen molar-refractivity contribution in [3.8, 4) is 0 Å². The Bertz CT molecular complexity index is 9170. The van der Waals surface area contributed by atoms with Crippen molar-refractivity contribution >= 4 is 262 Å². The van der Waals surface area contributed by atoms with E-state index in [0.29, 0.717) is 0 Å². The third kappa shape index (κ3) is 13.1. The molecule has 632 valence electrons. The standard InChI is InChI=1S/C64H50N2O2S.C58H38N2O2S/c1-63(2,3)39-19-23-41(24-20-39)65(44-29-33-58-54(36-44)48-14-9-11-17-56(48)67-58)43-27-31-51-53(35-43)47-13-7-8-16-50(47)61-52-32-28-46(38-60(52)69-62(51)61)66(42-25-21-40(22-26-42)64(4,5)6)45-30-34-59-55(37-45)49-15-10-12-18-57(49)68-59;1-35-15-19-37(20-16-35)59(40-25-29-54-50(32-40)44-10-5-7-13-52(44)61-54)39-23-27-47-49(31-39)43-9-3-4-12-46(43)57-48-28-24-42(34-56(48)63-58(47)57)60(38-21-17-36(2)18-22-38)41-26-30-55-51(33-41)45-11-6-8-14-53(45)62-55/h7-38H,1-6H3;3-34H,1-2H3. The summed E-state index contributed by atoms with van der Waals surface area (Å²) in [6.45, 7) is 17.9. The molecular formula is C122H88N4O4S2. The molecule has 0 bridgehead atoms. The molecule has 0 amide bonds. The second-order valence-electron chi connectivity index (χ2n) is 37.2. The highest BCUT2D eigenvalue weighted by atomic mass is 32.1. The van der Waals surface area contributed by atoms with E-state index in [0.717, 1.165) is 156 Å². The number of rotatable bonds is 12. The molecule has 0 radical (unpaired) electrons. The Morgan fingerprint density at radius 2 is 0.402 bits per heavy atom. The van der Waals surface area contributed by atoms with Crippen LogP contribution in [0.5, 0.6) is 0 Å². The molecule has 20 aromatic carbocycles. The van der Waals surface area contributed by atoms with Crippen molar-refractivity contribution in [3.63, 3.8) is 0 Å². The molecule has 6 aromatic heterocycles. The lowest BCUT2D eigenvalue weighted by molar-refractivity contribution is 0.590. The minimum Gasteiger partial charge on any atom is -0.456 e. The lowest BCUT2D eigenvalue weighted by Crippen LogP contribution is -2.13. The third-order valence-electron chi connectivity index (χ3n) is 26.9. The molecule has 0 unspecified atom stereocenters. The van der Waals surface area contributed by atoms with Crippen LogP contribution in [0.25, 0.3) is 171 Å². The monoisotopic (exact) mass is 1740 g/mol. The molecule has 6 heterocycles. The van der Waals surface area contributed by atoms with Gasteiger partial charge in [-0.25, -0.2) is 0 Å². The molecular weight excluding hydrogens is 1650 g/mol. The summed E-state index contributed by atoms with van der Waals surface area (Å²) in [7, 11) is 0. The molecule has 0 spiro atoms. The molecule has 8 nitrogen and oxygen atoms in total. The maximum Gasteiger partial charge on any atom is 0.135 e. The van der Waals surface area contributed by atoms with Gasteiger partial charge in [0, 0.05) is 162 Å². The highest BCUT2D eigenvalue weighted by molar-refractivity contribution is 7.27. The van der Waals surface area contributed by atoms with Gasteiger partial charge in [0.1, 0.15) is 44.7 Å². The number of para-hydroxylation sites is 4. The maximum absolute atomic E-state index is 6.31. The predicted octanol–water partition coefficient (Wildman–Crippen LogP) is 37.4. The Kier molecular flexibility index (Phi) is 18.1. The van der Waals surface area contributed by atoms with Gasteiger partial charge in [-0.15, -0.1) is 22.7 Å². The van der Waals surface area contributed by atoms with Crippen LogP contribution in [0.15, 0.2) is 406 Å². The second-order valence-corrected chi connectivity index (χ2v) is 39.3. The summed E-state index contributed by atoms with van der Waals surface area (Å²) in [6, 6.07) is 141. The Morgan fingerprint density at radius 1 is 0.182 bits per heavy atom. The van der Waals surface area contributed by atoms with Gasteiger partial charge in [-0.1, -0.05) is 247 Å². The van der Waals surface area contributed by atoms with E-state index in [9.17, 15) is 0 Å². The zero-order valence-corrected chi connectivity index (χ0v) is 75.8. The summed E-state index contributed by atoms with van der Waals surface area (Å²) < 4.78 is 30.2. The Balaban J connectivity index is 0.000000142. The van der Waals surface area contributed by atoms with Crippen LogP contribution in [0, 0.1) is 13.8 Å². The molecule has 10 heteroatoms. The molecule has 0 aliphatic carbocycles. The smallest absolute Gasteiger partial charge is 0.135 e. The van der Waals surface area contributed by atoms with Crippen molar-refractivity contribution in [2.45, 2.75) is 66.2 Å². The van der Waals surface area contributed by atoms with E-state index in [1.165, 1.54) is 106 Å². The van der Waals surface area contributed by atoms with Crippen LogP contribution in [0.1, 0.15) is 63.8 Å². The molecule has 0 fully saturated rings. The second kappa shape index (κ2) is 30.5. The van der Waals surface area contributed by atoms with E-state index in [1.54, 1.807) is 0 Å². The average Bonchev–Trinajstić information content (AvgIpc) is 1.52. The van der Waals surface area contributed by atoms with Crippen molar-refractivity contribution in [3.05, 3.63) is 411 Å². The number of anilines is 12. The number of aryl methyl sites for hydroxylation is 2. The van der Waals surface area contributed by atoms with Crippen LogP contribution in [0.4, 0.5) is 68.2 Å². The highest BCUT2D eigenvalue weighted by Crippen LogP contribution is 2.53. The van der Waals surface area contributed by atoms with Crippen molar-refractivity contribution in [1.82, 2.24) is 0 Å². The summed E-state index contributed by atoms with van der Waals surface area (Å²) in [5, 5.41) is 24.0. The first-order valence-electron chi connectivity index (χ1n) is 45.3. The van der Waals surface area contributed by atoms with Gasteiger partial charge in [-0.05, 0) is 262 Å². The van der Waals surface area contributed by atoms with Crippen LogP contribution in [-0.4, -0.2) is 0 Å². The number of thiophene rings is 2. The van der Waals surface area contributed by atoms with E-state index >= 15 is 0 Å². The van der Waals surface area contributed by atoms with E-state index in [2.05, 4.69) is 415 Å². The van der Waals surface area contributed by atoms with Gasteiger partial charge in [-0.2, -0.15) is 0 Å². The van der Waals surface area contributed by atoms with E-state index in [-0.39, 0.29) is 10.8 Å². The zero-order chi connectivity index (χ0) is 88.5. The predicted molar refractivity (Wildman–Crippen MR) is 563 cm³/mol. The maximum atomic E-state index is 6.31. The topological polar surface area (TPSA) is 65.5 Å². The summed E-state index contributed by atoms with van der Waals surface area (Å²) in [6.07, 6.45) is 0. The number of nitrogens with zero attached hydrogens (tertiary/aromatic N) is 4. The largest absolute Gasteiger partial charge is 0.456 e. The Hall–Kier alpha value is -15.7. The Morgan fingerprint density at radius 3 is 0.689 bits per heavy atom.